The lowest BCUT2D eigenvalue weighted by Crippen LogP contribution is -2.41. The molecule has 0 aliphatic heterocycles. The first-order valence-corrected chi connectivity index (χ1v) is 7.36. The molecule has 0 radical (unpaired) electrons. The Morgan fingerprint density at radius 2 is 2.20 bits per heavy atom. The van der Waals surface area contributed by atoms with Crippen molar-refractivity contribution in [2.24, 2.45) is 5.92 Å². The summed E-state index contributed by atoms with van der Waals surface area (Å²) in [5.41, 5.74) is -0.270. The third-order valence-electron chi connectivity index (χ3n) is 2.47. The number of hydrogen-bond acceptors (Lipinski definition) is 5. The Kier molecular flexibility index (Phi) is 5.19. The number of hydrogen-bond donors (Lipinski definition) is 2. The van der Waals surface area contributed by atoms with Gasteiger partial charge in [-0.25, -0.2) is 13.4 Å². The summed E-state index contributed by atoms with van der Waals surface area (Å²) in [7, 11) is -4.11. The van der Waals surface area contributed by atoms with Crippen LogP contribution in [0.5, 0.6) is 0 Å². The fourth-order valence-corrected chi connectivity index (χ4v) is 2.92. The molecule has 1 atom stereocenters. The number of nitriles is 1. The van der Waals surface area contributed by atoms with E-state index in [1.54, 1.807) is 19.9 Å². The molecule has 0 aliphatic carbocycles. The average molecular weight is 297 g/mol. The SMILES string of the molecule is CC(C)C[C@@H](NS(=O)(=O)c1cccnc1C#N)C(=O)O. The van der Waals surface area contributed by atoms with Crippen molar-refractivity contribution in [3.63, 3.8) is 0 Å². The first-order valence-electron chi connectivity index (χ1n) is 5.88. The molecule has 0 aromatic carbocycles. The highest BCUT2D eigenvalue weighted by Crippen LogP contribution is 2.14. The molecule has 0 saturated carbocycles. The lowest BCUT2D eigenvalue weighted by molar-refractivity contribution is -0.139. The van der Waals surface area contributed by atoms with Gasteiger partial charge in [-0.05, 0) is 24.5 Å². The fourth-order valence-electron chi connectivity index (χ4n) is 1.61. The summed E-state index contributed by atoms with van der Waals surface area (Å²) in [5.74, 6) is -1.26. The van der Waals surface area contributed by atoms with E-state index < -0.39 is 22.0 Å². The lowest BCUT2D eigenvalue weighted by atomic mass is 10.1. The summed E-state index contributed by atoms with van der Waals surface area (Å²) in [6.07, 6.45) is 1.44. The van der Waals surface area contributed by atoms with Crippen LogP contribution in [0.25, 0.3) is 0 Å². The molecule has 1 heterocycles. The summed E-state index contributed by atoms with van der Waals surface area (Å²) < 4.78 is 26.4. The molecule has 0 fully saturated rings. The highest BCUT2D eigenvalue weighted by Gasteiger charge is 2.28. The molecular weight excluding hydrogens is 282 g/mol. The molecule has 0 bridgehead atoms. The summed E-state index contributed by atoms with van der Waals surface area (Å²) in [5, 5.41) is 17.9. The maximum absolute atomic E-state index is 12.1. The minimum Gasteiger partial charge on any atom is -0.480 e. The third kappa shape index (κ3) is 4.01. The van der Waals surface area contributed by atoms with Gasteiger partial charge in [0.15, 0.2) is 5.69 Å². The van der Waals surface area contributed by atoms with Crippen molar-refractivity contribution in [3.05, 3.63) is 24.0 Å². The molecule has 0 unspecified atom stereocenters. The van der Waals surface area contributed by atoms with Gasteiger partial charge in [-0.3, -0.25) is 4.79 Å². The number of rotatable bonds is 6. The maximum atomic E-state index is 12.1. The molecule has 0 aliphatic rings. The molecule has 1 rings (SSSR count). The monoisotopic (exact) mass is 297 g/mol. The second kappa shape index (κ2) is 6.45. The van der Waals surface area contributed by atoms with Crippen molar-refractivity contribution in [2.75, 3.05) is 0 Å². The normalized spacial score (nSPS) is 12.9. The number of carbonyl (C=O) groups is 1. The van der Waals surface area contributed by atoms with Gasteiger partial charge in [-0.15, -0.1) is 0 Å². The highest BCUT2D eigenvalue weighted by atomic mass is 32.2. The van der Waals surface area contributed by atoms with E-state index >= 15 is 0 Å². The lowest BCUT2D eigenvalue weighted by Gasteiger charge is -2.16. The van der Waals surface area contributed by atoms with Gasteiger partial charge < -0.3 is 5.11 Å². The van der Waals surface area contributed by atoms with Crippen LogP contribution >= 0.6 is 0 Å². The molecule has 7 nitrogen and oxygen atoms in total. The summed E-state index contributed by atoms with van der Waals surface area (Å²) in [4.78, 5) is 14.4. The van der Waals surface area contributed by atoms with E-state index in [2.05, 4.69) is 9.71 Å². The first kappa shape index (κ1) is 16.1. The van der Waals surface area contributed by atoms with Crippen LogP contribution in [0.2, 0.25) is 0 Å². The van der Waals surface area contributed by atoms with Crippen molar-refractivity contribution < 1.29 is 18.3 Å². The zero-order chi connectivity index (χ0) is 15.3. The average Bonchev–Trinajstić information content (AvgIpc) is 2.37. The second-order valence-electron chi connectivity index (χ2n) is 4.60. The largest absolute Gasteiger partial charge is 0.480 e. The molecule has 108 valence electrons. The molecule has 0 spiro atoms. The summed E-state index contributed by atoms with van der Waals surface area (Å²) in [6, 6.07) is 3.00. The van der Waals surface area contributed by atoms with Crippen molar-refractivity contribution in [1.29, 1.82) is 5.26 Å². The number of sulfonamides is 1. The predicted octanol–water partition coefficient (Wildman–Crippen LogP) is 0.731. The van der Waals surface area contributed by atoms with Crippen molar-refractivity contribution in [2.45, 2.75) is 31.2 Å². The number of aromatic nitrogens is 1. The smallest absolute Gasteiger partial charge is 0.321 e. The van der Waals surface area contributed by atoms with Crippen LogP contribution in [0, 0.1) is 17.2 Å². The Balaban J connectivity index is 3.11. The third-order valence-corrected chi connectivity index (χ3v) is 3.97. The van der Waals surface area contributed by atoms with E-state index in [9.17, 15) is 13.2 Å². The molecule has 0 saturated heterocycles. The van der Waals surface area contributed by atoms with Gasteiger partial charge >= 0.3 is 5.97 Å². The first-order chi connectivity index (χ1) is 9.27. The Bertz CT molecular complexity index is 634. The van der Waals surface area contributed by atoms with Crippen LogP contribution in [-0.2, 0) is 14.8 Å². The van der Waals surface area contributed by atoms with E-state index in [0.29, 0.717) is 0 Å². The maximum Gasteiger partial charge on any atom is 0.321 e. The van der Waals surface area contributed by atoms with Gasteiger partial charge in [0.2, 0.25) is 10.0 Å². The van der Waals surface area contributed by atoms with Crippen molar-refractivity contribution in [3.8, 4) is 6.07 Å². The molecular formula is C12H15N3O4S. The Hall–Kier alpha value is -1.98. The fraction of sp³-hybridized carbons (Fsp3) is 0.417. The number of aliphatic carboxylic acids is 1. The van der Waals surface area contributed by atoms with Gasteiger partial charge in [0.1, 0.15) is 17.0 Å². The zero-order valence-electron chi connectivity index (χ0n) is 11.1. The van der Waals surface area contributed by atoms with Crippen LogP contribution in [0.15, 0.2) is 23.2 Å². The van der Waals surface area contributed by atoms with Crippen molar-refractivity contribution >= 4 is 16.0 Å². The number of nitrogens with one attached hydrogen (secondary N) is 1. The summed E-state index contributed by atoms with van der Waals surface area (Å²) in [6.45, 7) is 3.57. The number of pyridine rings is 1. The van der Waals surface area contributed by atoms with E-state index in [1.807, 2.05) is 0 Å². The standard InChI is InChI=1S/C12H15N3O4S/c1-8(2)6-9(12(16)17)15-20(18,19)11-4-3-5-14-10(11)7-13/h3-5,8-9,15H,6H2,1-2H3,(H,16,17)/t9-/m1/s1. The Morgan fingerprint density at radius 1 is 1.55 bits per heavy atom. The molecule has 1 aromatic rings. The number of carboxylic acids is 1. The molecule has 8 heteroatoms. The molecule has 0 amide bonds. The van der Waals surface area contributed by atoms with Gasteiger partial charge in [-0.2, -0.15) is 9.98 Å². The Labute approximate surface area is 117 Å². The van der Waals surface area contributed by atoms with E-state index in [0.717, 1.165) is 0 Å². The minimum atomic E-state index is -4.11. The van der Waals surface area contributed by atoms with Crippen molar-refractivity contribution in [1.82, 2.24) is 9.71 Å². The topological polar surface area (TPSA) is 120 Å². The van der Waals surface area contributed by atoms with Crippen LogP contribution in [-0.4, -0.2) is 30.5 Å². The van der Waals surface area contributed by atoms with Gasteiger partial charge in [0, 0.05) is 6.20 Å². The number of carboxylic acid groups (broad SMARTS) is 1. The van der Waals surface area contributed by atoms with Crippen LogP contribution in [0.4, 0.5) is 0 Å². The van der Waals surface area contributed by atoms with Gasteiger partial charge in [0.05, 0.1) is 0 Å². The van der Waals surface area contributed by atoms with E-state index in [-0.39, 0.29) is 22.9 Å². The van der Waals surface area contributed by atoms with E-state index in [1.165, 1.54) is 18.3 Å². The molecule has 20 heavy (non-hydrogen) atoms. The van der Waals surface area contributed by atoms with Crippen LogP contribution in [0.3, 0.4) is 0 Å². The molecule has 1 aromatic heterocycles. The Morgan fingerprint density at radius 3 is 2.70 bits per heavy atom. The second-order valence-corrected chi connectivity index (χ2v) is 6.29. The highest BCUT2D eigenvalue weighted by molar-refractivity contribution is 7.89. The number of nitrogens with zero attached hydrogens (tertiary/aromatic N) is 2. The summed E-state index contributed by atoms with van der Waals surface area (Å²) >= 11 is 0. The molecule has 2 N–H and O–H groups in total. The van der Waals surface area contributed by atoms with Gasteiger partial charge in [-0.1, -0.05) is 13.8 Å². The van der Waals surface area contributed by atoms with Crippen LogP contribution < -0.4 is 4.72 Å². The van der Waals surface area contributed by atoms with Gasteiger partial charge in [0.25, 0.3) is 0 Å². The quantitative estimate of drug-likeness (QED) is 0.798. The van der Waals surface area contributed by atoms with Crippen LogP contribution in [0.1, 0.15) is 26.0 Å². The minimum absolute atomic E-state index is 0.00290. The zero-order valence-corrected chi connectivity index (χ0v) is 11.9. The van der Waals surface area contributed by atoms with E-state index in [4.69, 9.17) is 10.4 Å². The predicted molar refractivity (Wildman–Crippen MR) is 70.2 cm³/mol.